The molecule has 1 saturated heterocycles. The normalized spacial score (nSPS) is 16.0. The first-order valence-corrected chi connectivity index (χ1v) is 12.0. The van der Waals surface area contributed by atoms with Gasteiger partial charge in [-0.3, -0.25) is 9.69 Å². The van der Waals surface area contributed by atoms with Crippen molar-refractivity contribution in [3.05, 3.63) is 63.0 Å². The fraction of sp³-hybridized carbons (Fsp3) is 0.423. The van der Waals surface area contributed by atoms with Gasteiger partial charge in [0, 0.05) is 43.8 Å². The summed E-state index contributed by atoms with van der Waals surface area (Å²) in [5.74, 6) is 1.15. The molecule has 4 rings (SSSR count). The second-order valence-corrected chi connectivity index (χ2v) is 9.14. The van der Waals surface area contributed by atoms with Gasteiger partial charge in [-0.15, -0.1) is 0 Å². The van der Waals surface area contributed by atoms with Gasteiger partial charge in [-0.1, -0.05) is 18.5 Å². The fourth-order valence-electron chi connectivity index (χ4n) is 4.17. The lowest BCUT2D eigenvalue weighted by atomic mass is 10.1. The van der Waals surface area contributed by atoms with E-state index in [-0.39, 0.29) is 17.8 Å². The first-order chi connectivity index (χ1) is 16.3. The Kier molecular flexibility index (Phi) is 7.78. The van der Waals surface area contributed by atoms with Crippen LogP contribution in [-0.2, 0) is 0 Å². The molecule has 0 amide bonds. The molecule has 0 bridgehead atoms. The minimum atomic E-state index is -0.599. The number of fused-ring (bicyclic) bond motifs is 1. The Labute approximate surface area is 204 Å². The van der Waals surface area contributed by atoms with Crippen LogP contribution in [0.25, 0.3) is 11.0 Å². The van der Waals surface area contributed by atoms with Gasteiger partial charge in [-0.25, -0.2) is 0 Å². The molecule has 2 heterocycles. The number of aliphatic hydroxyl groups excluding tert-OH is 1. The maximum absolute atomic E-state index is 12.9. The number of aryl methyl sites for hydroxylation is 2. The highest BCUT2D eigenvalue weighted by atomic mass is 35.5. The summed E-state index contributed by atoms with van der Waals surface area (Å²) in [5.41, 5.74) is 1.86. The van der Waals surface area contributed by atoms with Gasteiger partial charge < -0.3 is 23.9 Å². The largest absolute Gasteiger partial charge is 0.491 e. The van der Waals surface area contributed by atoms with Crippen LogP contribution in [0.4, 0.5) is 0 Å². The van der Waals surface area contributed by atoms with Crippen molar-refractivity contribution in [3.8, 4) is 17.2 Å². The molecule has 7 nitrogen and oxygen atoms in total. The first-order valence-electron chi connectivity index (χ1n) is 11.6. The molecule has 1 fully saturated rings. The van der Waals surface area contributed by atoms with E-state index in [2.05, 4.69) is 16.7 Å². The predicted octanol–water partition coefficient (Wildman–Crippen LogP) is 4.23. The van der Waals surface area contributed by atoms with E-state index in [1.807, 2.05) is 13.8 Å². The number of β-amino-alcohol motifs (C(OH)–C–C–N with tert-alkyl or cyclic N) is 1. The third kappa shape index (κ3) is 5.73. The minimum Gasteiger partial charge on any atom is -0.491 e. The molecular formula is C26H31ClN2O5. The van der Waals surface area contributed by atoms with Crippen molar-refractivity contribution in [2.45, 2.75) is 26.9 Å². The van der Waals surface area contributed by atoms with Gasteiger partial charge >= 0.3 is 0 Å². The molecule has 182 valence electrons. The molecule has 0 aliphatic carbocycles. The standard InChI is InChI=1S/C26H31ClN2O5/c1-4-28-7-9-29(10-8-28)14-19(30)15-32-20-5-6-22-23(13-20)33-16-24(26(22)31)34-21-11-17(2)25(27)18(3)12-21/h5-6,11-13,16,19,30H,4,7-10,14-15H2,1-3H3. The number of ether oxygens (including phenoxy) is 2. The van der Waals surface area contributed by atoms with Crippen LogP contribution in [0.2, 0.25) is 5.02 Å². The van der Waals surface area contributed by atoms with Crippen molar-refractivity contribution < 1.29 is 19.0 Å². The monoisotopic (exact) mass is 486 g/mol. The first kappa shape index (κ1) is 24.5. The van der Waals surface area contributed by atoms with Crippen LogP contribution in [0.1, 0.15) is 18.1 Å². The van der Waals surface area contributed by atoms with Gasteiger partial charge in [-0.05, 0) is 55.8 Å². The predicted molar refractivity (Wildman–Crippen MR) is 134 cm³/mol. The average molecular weight is 487 g/mol. The van der Waals surface area contributed by atoms with Crippen LogP contribution >= 0.6 is 11.6 Å². The molecule has 1 aliphatic heterocycles. The minimum absolute atomic E-state index is 0.0980. The maximum Gasteiger partial charge on any atom is 0.235 e. The Morgan fingerprint density at radius 1 is 1.06 bits per heavy atom. The summed E-state index contributed by atoms with van der Waals surface area (Å²) in [5, 5.41) is 11.5. The quantitative estimate of drug-likeness (QED) is 0.510. The Morgan fingerprint density at radius 2 is 1.74 bits per heavy atom. The molecule has 8 heteroatoms. The Hall–Kier alpha value is -2.58. The van der Waals surface area contributed by atoms with E-state index in [4.69, 9.17) is 25.5 Å². The average Bonchev–Trinajstić information content (AvgIpc) is 2.83. The summed E-state index contributed by atoms with van der Waals surface area (Å²) in [6.45, 7) is 11.7. The van der Waals surface area contributed by atoms with Gasteiger partial charge in [0.25, 0.3) is 0 Å². The number of halogens is 1. The highest BCUT2D eigenvalue weighted by Crippen LogP contribution is 2.29. The zero-order chi connectivity index (χ0) is 24.2. The molecule has 2 aromatic carbocycles. The maximum atomic E-state index is 12.9. The van der Waals surface area contributed by atoms with Gasteiger partial charge in [0.1, 0.15) is 36.1 Å². The van der Waals surface area contributed by atoms with Crippen LogP contribution < -0.4 is 14.9 Å². The van der Waals surface area contributed by atoms with Crippen LogP contribution in [0.5, 0.6) is 17.2 Å². The number of likely N-dealkylation sites (N-methyl/N-ethyl adjacent to an activating group) is 1. The van der Waals surface area contributed by atoms with Gasteiger partial charge in [0.15, 0.2) is 0 Å². The van der Waals surface area contributed by atoms with Crippen LogP contribution in [-0.4, -0.2) is 66.9 Å². The highest BCUT2D eigenvalue weighted by molar-refractivity contribution is 6.32. The summed E-state index contributed by atoms with van der Waals surface area (Å²) < 4.78 is 17.2. The van der Waals surface area contributed by atoms with Crippen molar-refractivity contribution >= 4 is 22.6 Å². The molecule has 0 spiro atoms. The van der Waals surface area contributed by atoms with E-state index >= 15 is 0 Å². The van der Waals surface area contributed by atoms with Crippen molar-refractivity contribution in [3.63, 3.8) is 0 Å². The Bertz CT molecular complexity index is 1180. The van der Waals surface area contributed by atoms with Crippen molar-refractivity contribution in [2.24, 2.45) is 0 Å². The molecule has 1 unspecified atom stereocenters. The molecule has 34 heavy (non-hydrogen) atoms. The Morgan fingerprint density at radius 3 is 2.41 bits per heavy atom. The van der Waals surface area contributed by atoms with Crippen molar-refractivity contribution in [2.75, 3.05) is 45.9 Å². The van der Waals surface area contributed by atoms with E-state index < -0.39 is 6.10 Å². The number of rotatable bonds is 8. The van der Waals surface area contributed by atoms with Gasteiger partial charge in [0.2, 0.25) is 11.2 Å². The lowest BCUT2D eigenvalue weighted by Crippen LogP contribution is -2.49. The van der Waals surface area contributed by atoms with Crippen molar-refractivity contribution in [1.82, 2.24) is 9.80 Å². The lowest BCUT2D eigenvalue weighted by Gasteiger charge is -2.34. The second-order valence-electron chi connectivity index (χ2n) is 8.76. The number of nitrogens with zero attached hydrogens (tertiary/aromatic N) is 2. The number of hydrogen-bond donors (Lipinski definition) is 1. The zero-order valence-electron chi connectivity index (χ0n) is 19.8. The molecule has 3 aromatic rings. The van der Waals surface area contributed by atoms with Crippen LogP contribution in [0.15, 0.2) is 45.8 Å². The van der Waals surface area contributed by atoms with E-state index in [1.54, 1.807) is 30.3 Å². The fourth-order valence-corrected chi connectivity index (χ4v) is 4.28. The molecule has 0 saturated carbocycles. The third-order valence-corrected chi connectivity index (χ3v) is 6.77. The summed E-state index contributed by atoms with van der Waals surface area (Å²) in [6, 6.07) is 8.57. The smallest absolute Gasteiger partial charge is 0.235 e. The van der Waals surface area contributed by atoms with E-state index in [0.717, 1.165) is 43.9 Å². The van der Waals surface area contributed by atoms with Gasteiger partial charge in [0.05, 0.1) is 5.39 Å². The summed E-state index contributed by atoms with van der Waals surface area (Å²) >= 11 is 6.21. The Balaban J connectivity index is 1.39. The zero-order valence-corrected chi connectivity index (χ0v) is 20.6. The van der Waals surface area contributed by atoms with E-state index in [9.17, 15) is 9.90 Å². The summed E-state index contributed by atoms with van der Waals surface area (Å²) in [7, 11) is 0. The van der Waals surface area contributed by atoms with E-state index in [0.29, 0.717) is 34.0 Å². The number of piperazine rings is 1. The number of benzene rings is 2. The van der Waals surface area contributed by atoms with E-state index in [1.165, 1.54) is 6.26 Å². The molecule has 1 N–H and O–H groups in total. The van der Waals surface area contributed by atoms with Gasteiger partial charge in [-0.2, -0.15) is 0 Å². The highest BCUT2D eigenvalue weighted by Gasteiger charge is 2.19. The van der Waals surface area contributed by atoms with Crippen molar-refractivity contribution in [1.29, 1.82) is 0 Å². The second kappa shape index (κ2) is 10.8. The molecule has 0 radical (unpaired) electrons. The summed E-state index contributed by atoms with van der Waals surface area (Å²) in [6.07, 6.45) is 0.705. The third-order valence-electron chi connectivity index (χ3n) is 6.18. The number of aliphatic hydroxyl groups is 1. The lowest BCUT2D eigenvalue weighted by molar-refractivity contribution is 0.0471. The summed E-state index contributed by atoms with van der Waals surface area (Å²) in [4.78, 5) is 17.6. The number of hydrogen-bond acceptors (Lipinski definition) is 7. The van der Waals surface area contributed by atoms with Crippen LogP contribution in [0.3, 0.4) is 0 Å². The molecule has 1 aliphatic rings. The molecular weight excluding hydrogens is 456 g/mol. The van der Waals surface area contributed by atoms with Crippen LogP contribution in [0, 0.1) is 13.8 Å². The molecule has 1 atom stereocenters. The topological polar surface area (TPSA) is 75.4 Å². The SMILES string of the molecule is CCN1CCN(CC(O)COc2ccc3c(=O)c(Oc4cc(C)c(Cl)c(C)c4)coc3c2)CC1. The molecule has 1 aromatic heterocycles.